The highest BCUT2D eigenvalue weighted by Crippen LogP contribution is 2.31. The van der Waals surface area contributed by atoms with Gasteiger partial charge in [0.15, 0.2) is 0 Å². The minimum Gasteiger partial charge on any atom is -0.378 e. The number of likely N-dealkylation sites (N-methyl/N-ethyl adjacent to an activating group) is 1. The van der Waals surface area contributed by atoms with Gasteiger partial charge < -0.3 is 14.8 Å². The zero-order valence-electron chi connectivity index (χ0n) is 10.6. The van der Waals surface area contributed by atoms with Crippen LogP contribution in [-0.2, 0) is 9.47 Å². The van der Waals surface area contributed by atoms with Crippen molar-refractivity contribution in [3.8, 4) is 0 Å². The molecule has 0 amide bonds. The molecule has 3 nitrogen and oxygen atoms in total. The summed E-state index contributed by atoms with van der Waals surface area (Å²) in [6, 6.07) is 0.471. The maximum absolute atomic E-state index is 5.91. The molecule has 0 saturated carbocycles. The smallest absolute Gasteiger partial charge is 0.0807 e. The molecule has 0 bridgehead atoms. The lowest BCUT2D eigenvalue weighted by molar-refractivity contribution is -0.0161. The van der Waals surface area contributed by atoms with Crippen LogP contribution in [0.3, 0.4) is 0 Å². The molecule has 3 unspecified atom stereocenters. The number of nitrogens with one attached hydrogen (secondary N) is 1. The first-order valence-electron chi connectivity index (χ1n) is 6.67. The van der Waals surface area contributed by atoms with E-state index >= 15 is 0 Å². The third-order valence-corrected chi connectivity index (χ3v) is 4.14. The minimum atomic E-state index is 0.0490. The van der Waals surface area contributed by atoms with Gasteiger partial charge in [-0.25, -0.2) is 0 Å². The first-order valence-corrected chi connectivity index (χ1v) is 6.67. The predicted octanol–water partition coefficient (Wildman–Crippen LogP) is 2.10. The molecule has 94 valence electrons. The molecule has 0 aliphatic carbocycles. The normalized spacial score (nSPS) is 36.8. The van der Waals surface area contributed by atoms with Gasteiger partial charge in [0, 0.05) is 19.3 Å². The van der Waals surface area contributed by atoms with E-state index in [-0.39, 0.29) is 5.60 Å². The molecule has 2 aliphatic heterocycles. The van der Waals surface area contributed by atoms with Crippen LogP contribution < -0.4 is 5.32 Å². The molecular formula is C13H25NO2. The highest BCUT2D eigenvalue weighted by molar-refractivity contribution is 4.92. The number of hydrogen-bond acceptors (Lipinski definition) is 3. The van der Waals surface area contributed by atoms with Crippen LogP contribution in [0.4, 0.5) is 0 Å². The first kappa shape index (κ1) is 12.3. The van der Waals surface area contributed by atoms with Gasteiger partial charge in [0.25, 0.3) is 0 Å². The zero-order chi connectivity index (χ0) is 11.4. The lowest BCUT2D eigenvalue weighted by Crippen LogP contribution is -2.47. The van der Waals surface area contributed by atoms with Crippen LogP contribution in [0.25, 0.3) is 0 Å². The van der Waals surface area contributed by atoms with Crippen LogP contribution in [0.5, 0.6) is 0 Å². The maximum atomic E-state index is 5.91. The van der Waals surface area contributed by atoms with E-state index in [2.05, 4.69) is 12.2 Å². The minimum absolute atomic E-state index is 0.0490. The van der Waals surface area contributed by atoms with Crippen molar-refractivity contribution in [3.05, 3.63) is 0 Å². The van der Waals surface area contributed by atoms with E-state index in [1.807, 2.05) is 7.05 Å². The molecule has 2 fully saturated rings. The molecule has 0 aromatic carbocycles. The monoisotopic (exact) mass is 227 g/mol. The van der Waals surface area contributed by atoms with Crippen molar-refractivity contribution >= 4 is 0 Å². The molecule has 2 rings (SSSR count). The van der Waals surface area contributed by atoms with E-state index in [9.17, 15) is 0 Å². The Bertz CT molecular complexity index is 208. The van der Waals surface area contributed by atoms with E-state index in [4.69, 9.17) is 9.47 Å². The van der Waals surface area contributed by atoms with Gasteiger partial charge in [0.1, 0.15) is 0 Å². The fourth-order valence-electron chi connectivity index (χ4n) is 3.06. The molecule has 2 heterocycles. The summed E-state index contributed by atoms with van der Waals surface area (Å²) >= 11 is 0. The van der Waals surface area contributed by atoms with Crippen LogP contribution >= 0.6 is 0 Å². The molecule has 2 saturated heterocycles. The summed E-state index contributed by atoms with van der Waals surface area (Å²) in [5.41, 5.74) is 0.0490. The van der Waals surface area contributed by atoms with Crippen LogP contribution in [0.2, 0.25) is 0 Å². The lowest BCUT2D eigenvalue weighted by atomic mass is 9.89. The van der Waals surface area contributed by atoms with Crippen molar-refractivity contribution in [2.45, 2.75) is 63.2 Å². The summed E-state index contributed by atoms with van der Waals surface area (Å²) in [4.78, 5) is 0. The molecule has 3 heteroatoms. The predicted molar refractivity (Wildman–Crippen MR) is 64.6 cm³/mol. The molecule has 0 aromatic heterocycles. The summed E-state index contributed by atoms with van der Waals surface area (Å²) in [6.45, 7) is 4.13. The Hall–Kier alpha value is -0.120. The van der Waals surface area contributed by atoms with Gasteiger partial charge in [-0.15, -0.1) is 0 Å². The van der Waals surface area contributed by atoms with E-state index < -0.39 is 0 Å². The van der Waals surface area contributed by atoms with Gasteiger partial charge in [0.05, 0.1) is 11.7 Å². The van der Waals surface area contributed by atoms with Crippen LogP contribution in [-0.4, -0.2) is 38.0 Å². The second kappa shape index (κ2) is 5.48. The van der Waals surface area contributed by atoms with E-state index in [0.717, 1.165) is 19.6 Å². The maximum Gasteiger partial charge on any atom is 0.0807 e. The lowest BCUT2D eigenvalue weighted by Gasteiger charge is -2.33. The fraction of sp³-hybridized carbons (Fsp3) is 1.00. The van der Waals surface area contributed by atoms with Gasteiger partial charge in [0.2, 0.25) is 0 Å². The van der Waals surface area contributed by atoms with Crippen LogP contribution in [0.1, 0.15) is 45.4 Å². The number of hydrogen-bond donors (Lipinski definition) is 1. The summed E-state index contributed by atoms with van der Waals surface area (Å²) in [5, 5.41) is 3.43. The number of rotatable bonds is 5. The molecule has 16 heavy (non-hydrogen) atoms. The summed E-state index contributed by atoms with van der Waals surface area (Å²) in [6.07, 6.45) is 7.71. The van der Waals surface area contributed by atoms with Gasteiger partial charge >= 0.3 is 0 Å². The average Bonchev–Trinajstić information content (AvgIpc) is 2.91. The van der Waals surface area contributed by atoms with Crippen molar-refractivity contribution in [2.24, 2.45) is 0 Å². The first-order chi connectivity index (χ1) is 7.74. The Morgan fingerprint density at radius 3 is 2.81 bits per heavy atom. The standard InChI is InChI=1S/C13H25NO2/c1-13(8-4-10-16-13)12(14-2)7-6-11-5-3-9-15-11/h11-12,14H,3-10H2,1-2H3. The van der Waals surface area contributed by atoms with E-state index in [0.29, 0.717) is 12.1 Å². The summed E-state index contributed by atoms with van der Waals surface area (Å²) < 4.78 is 11.6. The van der Waals surface area contributed by atoms with Crippen molar-refractivity contribution < 1.29 is 9.47 Å². The Kier molecular flexibility index (Phi) is 4.22. The summed E-state index contributed by atoms with van der Waals surface area (Å²) in [7, 11) is 2.05. The molecular weight excluding hydrogens is 202 g/mol. The largest absolute Gasteiger partial charge is 0.378 e. The zero-order valence-corrected chi connectivity index (χ0v) is 10.6. The molecule has 1 N–H and O–H groups in total. The summed E-state index contributed by atoms with van der Waals surface area (Å²) in [5.74, 6) is 0. The molecule has 0 radical (unpaired) electrons. The molecule has 2 aliphatic rings. The van der Waals surface area contributed by atoms with E-state index in [1.165, 1.54) is 32.1 Å². The van der Waals surface area contributed by atoms with Gasteiger partial charge in [-0.2, -0.15) is 0 Å². The topological polar surface area (TPSA) is 30.5 Å². The van der Waals surface area contributed by atoms with E-state index in [1.54, 1.807) is 0 Å². The molecule has 0 aromatic rings. The SMILES string of the molecule is CNC(CCC1CCCO1)C1(C)CCCO1. The Morgan fingerprint density at radius 1 is 1.38 bits per heavy atom. The van der Waals surface area contributed by atoms with Gasteiger partial charge in [-0.3, -0.25) is 0 Å². The van der Waals surface area contributed by atoms with Crippen molar-refractivity contribution in [3.63, 3.8) is 0 Å². The second-order valence-electron chi connectivity index (χ2n) is 5.32. The molecule has 0 spiro atoms. The Labute approximate surface area is 98.9 Å². The highest BCUT2D eigenvalue weighted by Gasteiger charge is 2.37. The Balaban J connectivity index is 1.80. The fourth-order valence-corrected chi connectivity index (χ4v) is 3.06. The third kappa shape index (κ3) is 2.76. The van der Waals surface area contributed by atoms with Gasteiger partial charge in [-0.05, 0) is 52.5 Å². The third-order valence-electron chi connectivity index (χ3n) is 4.14. The molecule has 3 atom stereocenters. The van der Waals surface area contributed by atoms with Crippen LogP contribution in [0, 0.1) is 0 Å². The van der Waals surface area contributed by atoms with Crippen molar-refractivity contribution in [1.29, 1.82) is 0 Å². The van der Waals surface area contributed by atoms with Gasteiger partial charge in [-0.1, -0.05) is 0 Å². The number of ether oxygens (including phenoxy) is 2. The van der Waals surface area contributed by atoms with Crippen molar-refractivity contribution in [2.75, 3.05) is 20.3 Å². The average molecular weight is 227 g/mol. The highest BCUT2D eigenvalue weighted by atomic mass is 16.5. The van der Waals surface area contributed by atoms with Crippen molar-refractivity contribution in [1.82, 2.24) is 5.32 Å². The second-order valence-corrected chi connectivity index (χ2v) is 5.32. The Morgan fingerprint density at radius 2 is 2.25 bits per heavy atom. The van der Waals surface area contributed by atoms with Crippen LogP contribution in [0.15, 0.2) is 0 Å². The quantitative estimate of drug-likeness (QED) is 0.780.